The van der Waals surface area contributed by atoms with Crippen molar-refractivity contribution >= 4 is 57.0 Å². The molecule has 3 fully saturated rings. The van der Waals surface area contributed by atoms with Gasteiger partial charge in [-0.25, -0.2) is 32.9 Å². The molecule has 3 N–H and O–H groups in total. The van der Waals surface area contributed by atoms with Crippen LogP contribution in [-0.2, 0) is 30.4 Å². The summed E-state index contributed by atoms with van der Waals surface area (Å²) >= 11 is 0. The summed E-state index contributed by atoms with van der Waals surface area (Å²) in [5.41, 5.74) is 3.78. The molecule has 3 aliphatic heterocycles. The van der Waals surface area contributed by atoms with E-state index >= 15 is 8.78 Å². The molecule has 338 valence electrons. The van der Waals surface area contributed by atoms with Gasteiger partial charge in [0.2, 0.25) is 11.9 Å². The molecule has 3 amide bonds. The average molecular weight is 887 g/mol. The Morgan fingerprint density at radius 1 is 0.969 bits per heavy atom. The molecule has 2 atom stereocenters. The fourth-order valence-electron chi connectivity index (χ4n) is 10.3. The highest BCUT2D eigenvalue weighted by molar-refractivity contribution is 6.08. The van der Waals surface area contributed by atoms with E-state index < -0.39 is 23.5 Å². The predicted molar refractivity (Wildman–Crippen MR) is 243 cm³/mol. The molecule has 3 saturated heterocycles. The zero-order chi connectivity index (χ0) is 45.2. The summed E-state index contributed by atoms with van der Waals surface area (Å²) in [5.74, 6) is -2.69. The number of carbonyl (C=O) groups is 2. The normalized spacial score (nSPS) is 21.6. The van der Waals surface area contributed by atoms with Gasteiger partial charge in [-0.1, -0.05) is 25.1 Å². The standard InChI is InChI=1S/C47H52F2N12O4/c1-4-20-60-43(63)35-26-50-44(54-41(35)61(60)38-13-7-30-14-19-46(65,5-2)40(30)52-38)51-32-8-10-33(11-9-32)58-22-15-29(16-23-58)27-57-21-17-36(47(48,49)28-57)31-6-12-34-37(25-31)56(3)55-42(34)59-24-18-39(62)53-45(59)64/h4,6-13,25-26,29,36,65H,1,5,14-24,27-28H2,2-3H3,(H,50,51,54)(H,53,62,64)/t36?,46-/m1/s1. The monoisotopic (exact) mass is 886 g/mol. The maximum atomic E-state index is 16.0. The van der Waals surface area contributed by atoms with Gasteiger partial charge in [0.15, 0.2) is 17.3 Å². The van der Waals surface area contributed by atoms with Crippen LogP contribution in [0.3, 0.4) is 0 Å². The predicted octanol–water partition coefficient (Wildman–Crippen LogP) is 6.12. The highest BCUT2D eigenvalue weighted by Gasteiger charge is 2.46. The molecule has 10 rings (SSSR count). The van der Waals surface area contributed by atoms with Crippen LogP contribution in [0.15, 0.2) is 78.2 Å². The van der Waals surface area contributed by atoms with Crippen molar-refractivity contribution in [2.75, 3.05) is 54.4 Å². The van der Waals surface area contributed by atoms with Gasteiger partial charge < -0.3 is 15.3 Å². The minimum Gasteiger partial charge on any atom is -0.384 e. The van der Waals surface area contributed by atoms with Crippen LogP contribution in [0.1, 0.15) is 68.2 Å². The van der Waals surface area contributed by atoms with Gasteiger partial charge in [-0.05, 0) is 105 Å². The average Bonchev–Trinajstić information content (AvgIpc) is 3.91. The number of pyridine rings is 1. The molecule has 6 aromatic rings. The highest BCUT2D eigenvalue weighted by Crippen LogP contribution is 2.43. The largest absolute Gasteiger partial charge is 0.384 e. The smallest absolute Gasteiger partial charge is 0.329 e. The number of aryl methyl sites for hydroxylation is 2. The van der Waals surface area contributed by atoms with Crippen LogP contribution in [0.2, 0.25) is 0 Å². The number of hydrogen-bond donors (Lipinski definition) is 3. The fraction of sp³-hybridized carbons (Fsp3) is 0.426. The molecular formula is C47H52F2N12O4. The number of piperidine rings is 2. The van der Waals surface area contributed by atoms with Crippen molar-refractivity contribution in [2.45, 2.75) is 75.9 Å². The molecule has 1 unspecified atom stereocenters. The molecule has 0 radical (unpaired) electrons. The first-order valence-corrected chi connectivity index (χ1v) is 22.5. The Labute approximate surface area is 373 Å². The van der Waals surface area contributed by atoms with Crippen molar-refractivity contribution in [1.29, 1.82) is 0 Å². The van der Waals surface area contributed by atoms with Crippen LogP contribution < -0.4 is 26.0 Å². The molecule has 4 aliphatic rings. The summed E-state index contributed by atoms with van der Waals surface area (Å²) < 4.78 is 36.7. The third-order valence-electron chi connectivity index (χ3n) is 13.9. The highest BCUT2D eigenvalue weighted by atomic mass is 19.3. The van der Waals surface area contributed by atoms with Gasteiger partial charge in [-0.2, -0.15) is 10.1 Å². The number of likely N-dealkylation sites (tertiary alicyclic amines) is 1. The SMILES string of the molecule is C=CCn1c(=O)c2cnc(Nc3ccc(N4CCC(CN5CCC(c6ccc7c(N8CCC(=O)NC8=O)nn(C)c7c6)C(F)(F)C5)CC4)cc3)nc2n1-c1ccc2c(n1)[C@@](O)(CC)CC2. The lowest BCUT2D eigenvalue weighted by Crippen LogP contribution is -2.49. The van der Waals surface area contributed by atoms with E-state index in [4.69, 9.17) is 9.97 Å². The quantitative estimate of drug-likeness (QED) is 0.128. The van der Waals surface area contributed by atoms with Crippen LogP contribution in [0.4, 0.5) is 36.7 Å². The Bertz CT molecular complexity index is 2900. The molecule has 65 heavy (non-hydrogen) atoms. The molecule has 16 nitrogen and oxygen atoms in total. The van der Waals surface area contributed by atoms with Crippen molar-refractivity contribution in [1.82, 2.24) is 44.3 Å². The van der Waals surface area contributed by atoms with E-state index in [2.05, 4.69) is 32.2 Å². The molecular weight excluding hydrogens is 835 g/mol. The zero-order valence-electron chi connectivity index (χ0n) is 36.5. The number of fused-ring (bicyclic) bond motifs is 3. The Hall–Kier alpha value is -6.53. The first-order valence-electron chi connectivity index (χ1n) is 22.5. The number of urea groups is 1. The van der Waals surface area contributed by atoms with E-state index in [1.807, 2.05) is 48.2 Å². The number of hydrogen-bond acceptors (Lipinski definition) is 11. The lowest BCUT2D eigenvalue weighted by molar-refractivity contribution is -0.120. The van der Waals surface area contributed by atoms with Crippen LogP contribution >= 0.6 is 0 Å². The van der Waals surface area contributed by atoms with Crippen molar-refractivity contribution in [3.05, 3.63) is 101 Å². The fourth-order valence-corrected chi connectivity index (χ4v) is 10.3. The number of nitrogens with zero attached hydrogens (tertiary/aromatic N) is 10. The molecule has 4 aromatic heterocycles. The molecule has 7 heterocycles. The number of halogens is 2. The van der Waals surface area contributed by atoms with E-state index in [-0.39, 0.29) is 37.5 Å². The topological polar surface area (TPSA) is 172 Å². The number of anilines is 4. The summed E-state index contributed by atoms with van der Waals surface area (Å²) in [5, 5.41) is 22.4. The minimum atomic E-state index is -2.92. The van der Waals surface area contributed by atoms with Gasteiger partial charge in [-0.15, -0.1) is 6.58 Å². The Morgan fingerprint density at radius 3 is 2.51 bits per heavy atom. The van der Waals surface area contributed by atoms with Gasteiger partial charge in [0.1, 0.15) is 11.0 Å². The Kier molecular flexibility index (Phi) is 10.8. The lowest BCUT2D eigenvalue weighted by Gasteiger charge is -2.41. The summed E-state index contributed by atoms with van der Waals surface area (Å²) in [6, 6.07) is 16.6. The number of amides is 3. The van der Waals surface area contributed by atoms with Crippen LogP contribution in [0.25, 0.3) is 27.8 Å². The third-order valence-corrected chi connectivity index (χ3v) is 13.9. The second kappa shape index (κ2) is 16.5. The first kappa shape index (κ1) is 42.4. The van der Waals surface area contributed by atoms with Gasteiger partial charge in [0.25, 0.3) is 11.5 Å². The number of benzene rings is 2. The van der Waals surface area contributed by atoms with E-state index in [1.165, 1.54) is 15.8 Å². The van der Waals surface area contributed by atoms with E-state index in [1.54, 1.807) is 40.7 Å². The number of alkyl halides is 2. The molecule has 2 aromatic carbocycles. The van der Waals surface area contributed by atoms with Gasteiger partial charge in [0, 0.05) is 62.6 Å². The molecule has 0 saturated carbocycles. The molecule has 1 aliphatic carbocycles. The van der Waals surface area contributed by atoms with Gasteiger partial charge in [-0.3, -0.25) is 29.4 Å². The van der Waals surface area contributed by atoms with Gasteiger partial charge >= 0.3 is 6.03 Å². The molecule has 0 spiro atoms. The summed E-state index contributed by atoms with van der Waals surface area (Å²) in [7, 11) is 1.73. The summed E-state index contributed by atoms with van der Waals surface area (Å²) in [6.45, 7) is 8.77. The first-order chi connectivity index (χ1) is 31.3. The van der Waals surface area contributed by atoms with Crippen molar-refractivity contribution in [2.24, 2.45) is 13.0 Å². The molecule has 18 heteroatoms. The summed E-state index contributed by atoms with van der Waals surface area (Å²) in [4.78, 5) is 57.6. The number of rotatable bonds is 11. The summed E-state index contributed by atoms with van der Waals surface area (Å²) in [6.07, 6.45) is 7.32. The van der Waals surface area contributed by atoms with Crippen molar-refractivity contribution < 1.29 is 23.5 Å². The maximum absolute atomic E-state index is 16.0. The third kappa shape index (κ3) is 7.71. The Balaban J connectivity index is 0.762. The number of allylic oxidation sites excluding steroid dienone is 1. The molecule has 0 bridgehead atoms. The lowest BCUT2D eigenvalue weighted by atomic mass is 9.85. The van der Waals surface area contributed by atoms with Crippen LogP contribution in [-0.4, -0.2) is 101 Å². The van der Waals surface area contributed by atoms with E-state index in [0.717, 1.165) is 49.3 Å². The number of nitrogens with one attached hydrogen (secondary N) is 2. The number of aliphatic hydroxyl groups is 1. The number of aromatic nitrogens is 7. The van der Waals surface area contributed by atoms with Crippen LogP contribution in [0.5, 0.6) is 0 Å². The van der Waals surface area contributed by atoms with E-state index in [0.29, 0.717) is 89.0 Å². The second-order valence-corrected chi connectivity index (χ2v) is 17.9. The Morgan fingerprint density at radius 2 is 1.77 bits per heavy atom. The van der Waals surface area contributed by atoms with Gasteiger partial charge in [0.05, 0.1) is 30.2 Å². The second-order valence-electron chi connectivity index (χ2n) is 17.9. The van der Waals surface area contributed by atoms with Crippen LogP contribution in [0, 0.1) is 5.92 Å². The van der Waals surface area contributed by atoms with Crippen molar-refractivity contribution in [3.8, 4) is 5.82 Å². The maximum Gasteiger partial charge on any atom is 0.329 e. The minimum absolute atomic E-state index is 0.166. The number of carbonyl (C=O) groups excluding carboxylic acids is 2. The zero-order valence-corrected chi connectivity index (χ0v) is 36.5. The van der Waals surface area contributed by atoms with Crippen molar-refractivity contribution in [3.63, 3.8) is 0 Å². The number of imide groups is 1. The van der Waals surface area contributed by atoms with E-state index in [9.17, 15) is 19.5 Å².